The lowest BCUT2D eigenvalue weighted by Gasteiger charge is -2.10. The molecular weight excluding hydrogens is 351 g/mol. The van der Waals surface area contributed by atoms with E-state index in [4.69, 9.17) is 39.5 Å². The topological polar surface area (TPSA) is 67.4 Å². The van der Waals surface area contributed by atoms with Gasteiger partial charge in [-0.25, -0.2) is 0 Å². The van der Waals surface area contributed by atoms with Crippen molar-refractivity contribution < 1.29 is 14.3 Å². The van der Waals surface area contributed by atoms with Crippen LogP contribution in [0.3, 0.4) is 0 Å². The Morgan fingerprint density at radius 1 is 1.00 bits per heavy atom. The van der Waals surface area contributed by atoms with Crippen molar-refractivity contribution in [2.75, 3.05) is 19.7 Å². The normalized spacial score (nSPS) is 10.2. The third-order valence-electron chi connectivity index (χ3n) is 2.58. The number of carbonyl (C=O) groups excluding carboxylic acids is 2. The van der Waals surface area contributed by atoms with Gasteiger partial charge < -0.3 is 15.4 Å². The maximum Gasteiger partial charge on any atom is 0.257 e. The van der Waals surface area contributed by atoms with Gasteiger partial charge in [0.2, 0.25) is 5.91 Å². The van der Waals surface area contributed by atoms with Crippen LogP contribution in [-0.4, -0.2) is 31.5 Å². The van der Waals surface area contributed by atoms with E-state index in [-0.39, 0.29) is 47.2 Å². The fraction of sp³-hybridized carbons (Fsp3) is 0.429. The van der Waals surface area contributed by atoms with Crippen LogP contribution in [0.5, 0.6) is 5.75 Å². The van der Waals surface area contributed by atoms with Crippen molar-refractivity contribution in [3.8, 4) is 5.75 Å². The molecule has 0 fully saturated rings. The van der Waals surface area contributed by atoms with Gasteiger partial charge in [-0.15, -0.1) is 0 Å². The third-order valence-corrected chi connectivity index (χ3v) is 3.60. The Bertz CT molecular complexity index is 538. The van der Waals surface area contributed by atoms with Crippen LogP contribution >= 0.6 is 34.8 Å². The molecule has 8 heteroatoms. The van der Waals surface area contributed by atoms with Crippen LogP contribution in [0.1, 0.15) is 19.8 Å². The Morgan fingerprint density at radius 2 is 1.64 bits per heavy atom. The molecule has 0 aromatic heterocycles. The molecule has 0 radical (unpaired) electrons. The summed E-state index contributed by atoms with van der Waals surface area (Å²) in [6.07, 6.45) is 1.09. The summed E-state index contributed by atoms with van der Waals surface area (Å²) in [5, 5.41) is 6.15. The summed E-state index contributed by atoms with van der Waals surface area (Å²) < 4.78 is 5.27. The minimum Gasteiger partial charge on any atom is -0.482 e. The van der Waals surface area contributed by atoms with Gasteiger partial charge in [0.1, 0.15) is 5.75 Å². The second-order valence-electron chi connectivity index (χ2n) is 4.44. The monoisotopic (exact) mass is 366 g/mol. The van der Waals surface area contributed by atoms with Crippen LogP contribution in [0.2, 0.25) is 15.1 Å². The third kappa shape index (κ3) is 6.73. The molecule has 0 aliphatic rings. The van der Waals surface area contributed by atoms with Crippen LogP contribution in [0.15, 0.2) is 12.1 Å². The van der Waals surface area contributed by atoms with E-state index in [2.05, 4.69) is 10.6 Å². The fourth-order valence-electron chi connectivity index (χ4n) is 1.48. The molecule has 5 nitrogen and oxygen atoms in total. The quantitative estimate of drug-likeness (QED) is 0.694. The molecular formula is C14H17Cl3N2O3. The molecule has 2 N–H and O–H groups in total. The van der Waals surface area contributed by atoms with Crippen molar-refractivity contribution >= 4 is 46.6 Å². The van der Waals surface area contributed by atoms with Gasteiger partial charge in [-0.05, 0) is 12.5 Å². The summed E-state index contributed by atoms with van der Waals surface area (Å²) in [4.78, 5) is 22.9. The zero-order valence-corrected chi connectivity index (χ0v) is 14.3. The molecule has 0 atom stereocenters. The first kappa shape index (κ1) is 18.9. The first-order valence-electron chi connectivity index (χ1n) is 6.74. The molecule has 1 aromatic carbocycles. The SMILES string of the molecule is CCCNC(=O)CCNC(=O)COc1cc(Cl)c(Cl)cc1Cl. The molecule has 0 heterocycles. The highest BCUT2D eigenvalue weighted by Gasteiger charge is 2.09. The average molecular weight is 368 g/mol. The molecule has 0 aliphatic carbocycles. The van der Waals surface area contributed by atoms with Crippen molar-refractivity contribution in [1.29, 1.82) is 0 Å². The Balaban J connectivity index is 2.32. The highest BCUT2D eigenvalue weighted by Crippen LogP contribution is 2.33. The van der Waals surface area contributed by atoms with E-state index in [9.17, 15) is 9.59 Å². The zero-order chi connectivity index (χ0) is 16.5. The number of carbonyl (C=O) groups is 2. The number of rotatable bonds is 8. The number of amides is 2. The highest BCUT2D eigenvalue weighted by atomic mass is 35.5. The summed E-state index contributed by atoms with van der Waals surface area (Å²) in [6, 6.07) is 2.88. The Morgan fingerprint density at radius 3 is 2.32 bits per heavy atom. The minimum absolute atomic E-state index is 0.101. The lowest BCUT2D eigenvalue weighted by Crippen LogP contribution is -2.33. The van der Waals surface area contributed by atoms with Crippen LogP contribution in [0.4, 0.5) is 0 Å². The fourth-order valence-corrected chi connectivity index (χ4v) is 2.07. The van der Waals surface area contributed by atoms with Gasteiger partial charge in [-0.1, -0.05) is 41.7 Å². The largest absolute Gasteiger partial charge is 0.482 e. The molecule has 0 spiro atoms. The van der Waals surface area contributed by atoms with Crippen molar-refractivity contribution in [2.24, 2.45) is 0 Å². The zero-order valence-electron chi connectivity index (χ0n) is 12.0. The summed E-state index contributed by atoms with van der Waals surface area (Å²) in [5.74, 6) is -0.187. The van der Waals surface area contributed by atoms with Gasteiger partial charge >= 0.3 is 0 Å². The number of hydrogen-bond donors (Lipinski definition) is 2. The first-order chi connectivity index (χ1) is 10.4. The standard InChI is InChI=1S/C14H17Cl3N2O3/c1-2-4-18-13(20)3-5-19-14(21)8-22-12-7-10(16)9(15)6-11(12)17/h6-7H,2-5,8H2,1H3,(H,18,20)(H,19,21). The Hall–Kier alpha value is -1.17. The number of nitrogens with one attached hydrogen (secondary N) is 2. The van der Waals surface area contributed by atoms with Gasteiger partial charge in [0.15, 0.2) is 6.61 Å². The predicted octanol–water partition coefficient (Wildman–Crippen LogP) is 3.06. The summed E-state index contributed by atoms with van der Waals surface area (Å²) in [6.45, 7) is 2.61. The maximum absolute atomic E-state index is 11.6. The molecule has 0 saturated heterocycles. The molecule has 1 rings (SSSR count). The van der Waals surface area contributed by atoms with Gasteiger partial charge in [0.25, 0.3) is 5.91 Å². The molecule has 0 saturated carbocycles. The first-order valence-corrected chi connectivity index (χ1v) is 7.88. The minimum atomic E-state index is -0.356. The number of hydrogen-bond acceptors (Lipinski definition) is 3. The molecule has 0 bridgehead atoms. The van der Waals surface area contributed by atoms with Crippen molar-refractivity contribution in [3.05, 3.63) is 27.2 Å². The van der Waals surface area contributed by atoms with Gasteiger partial charge in [0, 0.05) is 25.6 Å². The number of benzene rings is 1. The van der Waals surface area contributed by atoms with Gasteiger partial charge in [0.05, 0.1) is 15.1 Å². The predicted molar refractivity (Wildman–Crippen MR) is 87.9 cm³/mol. The molecule has 0 unspecified atom stereocenters. The van der Waals surface area contributed by atoms with E-state index in [0.29, 0.717) is 11.6 Å². The van der Waals surface area contributed by atoms with Crippen LogP contribution in [0.25, 0.3) is 0 Å². The molecule has 22 heavy (non-hydrogen) atoms. The van der Waals surface area contributed by atoms with Crippen LogP contribution in [0, 0.1) is 0 Å². The van der Waals surface area contributed by atoms with Gasteiger partial charge in [-0.3, -0.25) is 9.59 Å². The van der Waals surface area contributed by atoms with E-state index in [1.54, 1.807) is 0 Å². The van der Waals surface area contributed by atoms with E-state index in [1.165, 1.54) is 12.1 Å². The van der Waals surface area contributed by atoms with E-state index < -0.39 is 0 Å². The van der Waals surface area contributed by atoms with E-state index >= 15 is 0 Å². The van der Waals surface area contributed by atoms with Crippen LogP contribution < -0.4 is 15.4 Å². The molecule has 122 valence electrons. The van der Waals surface area contributed by atoms with E-state index in [0.717, 1.165) is 6.42 Å². The maximum atomic E-state index is 11.6. The summed E-state index contributed by atoms with van der Waals surface area (Å²) >= 11 is 17.6. The van der Waals surface area contributed by atoms with Crippen molar-refractivity contribution in [1.82, 2.24) is 10.6 Å². The molecule has 1 aromatic rings. The Kier molecular flexibility index (Phi) is 8.38. The smallest absolute Gasteiger partial charge is 0.257 e. The second kappa shape index (κ2) is 9.77. The molecule has 2 amide bonds. The van der Waals surface area contributed by atoms with Crippen molar-refractivity contribution in [2.45, 2.75) is 19.8 Å². The second-order valence-corrected chi connectivity index (χ2v) is 5.66. The van der Waals surface area contributed by atoms with E-state index in [1.807, 2.05) is 6.92 Å². The Labute approximate surface area is 144 Å². The lowest BCUT2D eigenvalue weighted by molar-refractivity contribution is -0.123. The van der Waals surface area contributed by atoms with Gasteiger partial charge in [-0.2, -0.15) is 0 Å². The number of ether oxygens (including phenoxy) is 1. The average Bonchev–Trinajstić information content (AvgIpc) is 2.47. The van der Waals surface area contributed by atoms with Crippen molar-refractivity contribution in [3.63, 3.8) is 0 Å². The highest BCUT2D eigenvalue weighted by molar-refractivity contribution is 6.43. The van der Waals surface area contributed by atoms with Crippen LogP contribution in [-0.2, 0) is 9.59 Å². The molecule has 0 aliphatic heterocycles. The summed E-state index contributed by atoms with van der Waals surface area (Å²) in [5.41, 5.74) is 0. The lowest BCUT2D eigenvalue weighted by atomic mass is 10.3. The number of halogens is 3. The summed E-state index contributed by atoms with van der Waals surface area (Å²) in [7, 11) is 0.